The Balaban J connectivity index is 0.557. The topological polar surface area (TPSA) is 242 Å². The largest absolute Gasteiger partial charge is 0.423 e. The summed E-state index contributed by atoms with van der Waals surface area (Å²) in [5, 5.41) is 0. The van der Waals surface area contributed by atoms with Gasteiger partial charge >= 0.3 is 17.9 Å². The third kappa shape index (κ3) is 15.7. The first kappa shape index (κ1) is 85.0. The van der Waals surface area contributed by atoms with Gasteiger partial charge in [-0.2, -0.15) is 25.3 Å². The summed E-state index contributed by atoms with van der Waals surface area (Å²) in [5.41, 5.74) is 13.0. The second-order valence-corrected chi connectivity index (χ2v) is 49.6. The maximum absolute atomic E-state index is 16.4. The minimum atomic E-state index is -4.82. The van der Waals surface area contributed by atoms with Crippen molar-refractivity contribution in [2.24, 2.45) is 88.3 Å². The molecule has 0 heterocycles. The van der Waals surface area contributed by atoms with Crippen LogP contribution in [0.4, 0.5) is 0 Å². The SMILES string of the molecule is Cc1cc(S(=O)(=O)O)c(C(C)CC23CCC(C2)C(c2cc(C4CC5CCC4C5)cc(C4CC5CCC4C5)c2C(=O)Oc2cc(C(C)CC4CCC(c5cc(S(=O)(=O)O)cc(C6CCCCC6)c5OC(=O)c5c(C6CC7CCC6C7)cc(C6CC7CCC6C7)cc5C5CC6CCC5C6)CC4)c(S(=O)(=O)O)cc2C)C3)cc1OC(=O)c1ccc(C2CC3CCC2C3)cc1. The zero-order valence-electron chi connectivity index (χ0n) is 74.6. The summed E-state index contributed by atoms with van der Waals surface area (Å²) in [4.78, 5) is 46.4. The van der Waals surface area contributed by atoms with Crippen LogP contribution in [0.2, 0.25) is 0 Å². The van der Waals surface area contributed by atoms with Gasteiger partial charge in [0.15, 0.2) is 0 Å². The van der Waals surface area contributed by atoms with Gasteiger partial charge in [-0.3, -0.25) is 13.7 Å². The van der Waals surface area contributed by atoms with E-state index < -0.39 is 54.1 Å². The molecule has 23 atom stereocenters. The van der Waals surface area contributed by atoms with Crippen molar-refractivity contribution in [2.75, 3.05) is 0 Å². The number of benzene rings is 6. The Morgan fingerprint density at radius 3 is 1.18 bits per heavy atom. The molecule has 0 amide bonds. The Labute approximate surface area is 748 Å². The van der Waals surface area contributed by atoms with Crippen LogP contribution in [0.1, 0.15) is 433 Å². The molecular formula is C108H132O15S3. The standard InChI is InChI=1S/C108H132O15S3/c1-58(32-62-10-18-71(19-11-62)92-52-82(124(112,113)114)51-91(69-8-6-5-7-9-69)104(92)123-107(111)102-93(88-44-66-15-23-76(88)38-66)47-80(86-42-64-13-21-74(86)36-64)48-94(102)89-45-67-16-24-77(89)39-67)83-53-99(60(3)33-100(83)125(115,116)117)122-106(110)103-95(90-46-68-17-25-78(90)40-68)49-81(87-43-65-14-22-75(87)37-65)50-96(103)97-57-108(31-30-79(97)56-108)55-61(4)84-54-98(59(2)34-101(84)126(118,119)120)121-105(109)72-28-26-70(27-29-72)85-41-63-12-20-73(85)35-63/h26-29,33-34,47-54,58,61-69,71,73-79,85-90,97H,5-25,30-32,35-46,55-57H2,1-4H3,(H,112,113,114)(H,115,116,117)(H,118,119,120). The van der Waals surface area contributed by atoms with Gasteiger partial charge in [-0.15, -0.1) is 0 Å². The molecule has 22 rings (SSSR count). The lowest BCUT2D eigenvalue weighted by atomic mass is 9.69. The zero-order valence-corrected chi connectivity index (χ0v) is 77.0. The Morgan fingerprint density at radius 2 is 0.770 bits per heavy atom. The Kier molecular flexibility index (Phi) is 22.1. The van der Waals surface area contributed by atoms with Crippen LogP contribution in [0, 0.1) is 102 Å². The molecule has 0 spiro atoms. The highest BCUT2D eigenvalue weighted by molar-refractivity contribution is 7.86. The first-order valence-corrected chi connectivity index (χ1v) is 54.3. The van der Waals surface area contributed by atoms with E-state index in [9.17, 15) is 43.7 Å². The predicted molar refractivity (Wildman–Crippen MR) is 485 cm³/mol. The lowest BCUT2D eigenvalue weighted by molar-refractivity contribution is 0.0716. The summed E-state index contributed by atoms with van der Waals surface area (Å²) < 4.78 is 136. The van der Waals surface area contributed by atoms with E-state index in [0.717, 1.165) is 125 Å². The molecule has 16 aliphatic carbocycles. The van der Waals surface area contributed by atoms with Crippen LogP contribution in [0.3, 0.4) is 0 Å². The molecule has 23 unspecified atom stereocenters. The Morgan fingerprint density at radius 1 is 0.373 bits per heavy atom. The van der Waals surface area contributed by atoms with Crippen molar-refractivity contribution < 1.29 is 67.5 Å². The van der Waals surface area contributed by atoms with Crippen molar-refractivity contribution >= 4 is 48.3 Å². The van der Waals surface area contributed by atoms with E-state index in [0.29, 0.717) is 166 Å². The normalized spacial score (nSPS) is 35.0. The molecule has 0 saturated heterocycles. The number of rotatable bonds is 24. The van der Waals surface area contributed by atoms with Gasteiger partial charge in [-0.05, 0) is 481 Å². The minimum absolute atomic E-state index is 0.0380. The summed E-state index contributed by atoms with van der Waals surface area (Å²) in [5.74, 6) is 8.37. The highest BCUT2D eigenvalue weighted by Crippen LogP contribution is 2.67. The van der Waals surface area contributed by atoms with Gasteiger partial charge in [0.25, 0.3) is 30.4 Å². The van der Waals surface area contributed by atoms with Crippen molar-refractivity contribution in [2.45, 2.75) is 358 Å². The van der Waals surface area contributed by atoms with Gasteiger partial charge in [-0.25, -0.2) is 14.4 Å². The van der Waals surface area contributed by atoms with Crippen LogP contribution in [0.15, 0.2) is 99.6 Å². The molecule has 0 aliphatic heterocycles. The summed E-state index contributed by atoms with van der Waals surface area (Å²) in [6.07, 6.45) is 40.6. The molecule has 0 aromatic heterocycles. The second-order valence-electron chi connectivity index (χ2n) is 45.4. The van der Waals surface area contributed by atoms with Gasteiger partial charge in [0, 0.05) is 0 Å². The monoisotopic (exact) mass is 1760 g/mol. The van der Waals surface area contributed by atoms with E-state index in [-0.39, 0.29) is 84.9 Å². The molecule has 16 saturated carbocycles. The zero-order chi connectivity index (χ0) is 86.5. The molecule has 18 heteroatoms. The van der Waals surface area contributed by atoms with Crippen LogP contribution in [-0.2, 0) is 30.4 Å². The van der Waals surface area contributed by atoms with Crippen LogP contribution in [-0.4, -0.2) is 56.8 Å². The predicted octanol–water partition coefficient (Wildman–Crippen LogP) is 26.1. The highest BCUT2D eigenvalue weighted by Gasteiger charge is 2.55. The summed E-state index contributed by atoms with van der Waals surface area (Å²) in [7, 11) is -14.3. The molecule has 0 radical (unpaired) electrons. The Hall–Kier alpha value is -6.54. The van der Waals surface area contributed by atoms with E-state index >= 15 is 9.59 Å². The van der Waals surface area contributed by atoms with Crippen molar-refractivity contribution in [1.29, 1.82) is 0 Å². The third-order valence-electron chi connectivity index (χ3n) is 38.3. The number of aryl methyl sites for hydroxylation is 2. The maximum atomic E-state index is 16.4. The number of hydrogen-bond donors (Lipinski definition) is 3. The van der Waals surface area contributed by atoms with Crippen LogP contribution in [0.25, 0.3) is 0 Å². The molecule has 672 valence electrons. The van der Waals surface area contributed by atoms with Crippen molar-refractivity contribution in [3.05, 3.63) is 174 Å². The number of carbonyl (C=O) groups excluding carboxylic acids is 3. The fraction of sp³-hybridized carbons (Fsp3) is 0.639. The molecule has 16 aliphatic rings. The second kappa shape index (κ2) is 32.7. The minimum Gasteiger partial charge on any atom is -0.423 e. The fourth-order valence-electron chi connectivity index (χ4n) is 32.5. The fourth-order valence-corrected chi connectivity index (χ4v) is 34.8. The lowest BCUT2D eigenvalue weighted by Crippen LogP contribution is -2.25. The van der Waals surface area contributed by atoms with E-state index in [1.54, 1.807) is 38.1 Å². The van der Waals surface area contributed by atoms with Crippen molar-refractivity contribution in [3.63, 3.8) is 0 Å². The number of fused-ring (bicyclic) bond motifs is 14. The highest BCUT2D eigenvalue weighted by atomic mass is 32.2. The summed E-state index contributed by atoms with van der Waals surface area (Å²) in [6.45, 7) is 7.45. The van der Waals surface area contributed by atoms with E-state index in [2.05, 4.69) is 36.4 Å². The van der Waals surface area contributed by atoms with Crippen molar-refractivity contribution in [3.8, 4) is 17.2 Å². The maximum Gasteiger partial charge on any atom is 0.344 e. The molecule has 126 heavy (non-hydrogen) atoms. The van der Waals surface area contributed by atoms with Crippen LogP contribution >= 0.6 is 0 Å². The van der Waals surface area contributed by atoms with E-state index in [1.165, 1.54) is 156 Å². The number of esters is 3. The van der Waals surface area contributed by atoms with Crippen molar-refractivity contribution in [1.82, 2.24) is 0 Å². The first-order valence-electron chi connectivity index (χ1n) is 50.0. The van der Waals surface area contributed by atoms with Crippen LogP contribution in [0.5, 0.6) is 17.2 Å². The number of ether oxygens (including phenoxy) is 3. The molecule has 6 aromatic carbocycles. The number of hydrogen-bond acceptors (Lipinski definition) is 12. The number of carbonyl (C=O) groups is 3. The molecule has 3 N–H and O–H groups in total. The molecule has 6 aromatic rings. The summed E-state index contributed by atoms with van der Waals surface area (Å²) >= 11 is 0. The average molecular weight is 1770 g/mol. The lowest BCUT2D eigenvalue weighted by Gasteiger charge is -2.35. The smallest absolute Gasteiger partial charge is 0.344 e. The first-order chi connectivity index (χ1) is 60.5. The summed E-state index contributed by atoms with van der Waals surface area (Å²) in [6, 6.07) is 27.1. The quantitative estimate of drug-likeness (QED) is 0.0290. The van der Waals surface area contributed by atoms with E-state index in [1.807, 2.05) is 26.0 Å². The molecule has 16 fully saturated rings. The van der Waals surface area contributed by atoms with Gasteiger partial charge in [0.05, 0.1) is 31.4 Å². The van der Waals surface area contributed by atoms with E-state index in [4.69, 9.17) is 14.2 Å². The Bertz CT molecular complexity index is 5650. The van der Waals surface area contributed by atoms with Gasteiger partial charge in [-0.1, -0.05) is 108 Å². The van der Waals surface area contributed by atoms with Gasteiger partial charge in [0.1, 0.15) is 17.2 Å². The average Bonchev–Trinajstić information content (AvgIpc) is 1.53. The third-order valence-corrected chi connectivity index (χ3v) is 40.9. The van der Waals surface area contributed by atoms with Gasteiger partial charge < -0.3 is 14.2 Å². The van der Waals surface area contributed by atoms with Gasteiger partial charge in [0.2, 0.25) is 0 Å². The molecular weight excluding hydrogens is 1630 g/mol. The van der Waals surface area contributed by atoms with Crippen LogP contribution < -0.4 is 14.2 Å². The molecule has 14 bridgehead atoms. The molecule has 15 nitrogen and oxygen atoms in total.